The van der Waals surface area contributed by atoms with Gasteiger partial charge in [-0.25, -0.2) is 8.78 Å². The molecule has 1 aliphatic heterocycles. The van der Waals surface area contributed by atoms with Gasteiger partial charge in [0, 0.05) is 26.2 Å². The highest BCUT2D eigenvalue weighted by atomic mass is 19.3. The van der Waals surface area contributed by atoms with E-state index >= 15 is 0 Å². The van der Waals surface area contributed by atoms with E-state index in [1.54, 1.807) is 4.90 Å². The van der Waals surface area contributed by atoms with Gasteiger partial charge < -0.3 is 20.6 Å². The zero-order valence-corrected chi connectivity index (χ0v) is 11.2. The van der Waals surface area contributed by atoms with Crippen LogP contribution in [0.5, 0.6) is 0 Å². The predicted molar refractivity (Wildman–Crippen MR) is 67.9 cm³/mol. The first-order valence-electron chi connectivity index (χ1n) is 6.35. The van der Waals surface area contributed by atoms with E-state index in [1.165, 1.54) is 0 Å². The van der Waals surface area contributed by atoms with E-state index < -0.39 is 13.0 Å². The first-order chi connectivity index (χ1) is 9.52. The summed E-state index contributed by atoms with van der Waals surface area (Å²) < 4.78 is 28.3. The van der Waals surface area contributed by atoms with Crippen LogP contribution in [0, 0.1) is 0 Å². The summed E-state index contributed by atoms with van der Waals surface area (Å²) in [5, 5.41) is 11.4. The Morgan fingerprint density at radius 3 is 2.55 bits per heavy atom. The molecule has 7 nitrogen and oxygen atoms in total. The van der Waals surface area contributed by atoms with Crippen LogP contribution in [0.4, 0.5) is 8.78 Å². The number of nitrogens with two attached hydrogens (primary N) is 1. The van der Waals surface area contributed by atoms with Gasteiger partial charge in [0.15, 0.2) is 5.84 Å². The first-order valence-corrected chi connectivity index (χ1v) is 6.35. The number of carbonyl (C=O) groups excluding carboxylic acids is 1. The van der Waals surface area contributed by atoms with Crippen LogP contribution in [0.1, 0.15) is 6.42 Å². The summed E-state index contributed by atoms with van der Waals surface area (Å²) in [6.07, 6.45) is -2.40. The molecule has 0 radical (unpaired) electrons. The quantitative estimate of drug-likeness (QED) is 0.218. The second kappa shape index (κ2) is 8.64. The monoisotopic (exact) mass is 294 g/mol. The largest absolute Gasteiger partial charge is 0.409 e. The highest BCUT2D eigenvalue weighted by Crippen LogP contribution is 2.04. The van der Waals surface area contributed by atoms with Crippen molar-refractivity contribution in [2.45, 2.75) is 12.8 Å². The number of oxime groups is 1. The molecule has 0 atom stereocenters. The lowest BCUT2D eigenvalue weighted by Crippen LogP contribution is -2.50. The number of carbonyl (C=O) groups is 1. The SMILES string of the molecule is NC(CN1CCN(C(=O)CCOCC(F)F)CC1)=NO. The van der Waals surface area contributed by atoms with Crippen molar-refractivity contribution >= 4 is 11.7 Å². The summed E-state index contributed by atoms with van der Waals surface area (Å²) in [6.45, 7) is 2.04. The maximum atomic E-state index is 11.8. The van der Waals surface area contributed by atoms with E-state index in [9.17, 15) is 13.6 Å². The maximum Gasteiger partial charge on any atom is 0.261 e. The van der Waals surface area contributed by atoms with Crippen molar-refractivity contribution in [3.05, 3.63) is 0 Å². The average molecular weight is 294 g/mol. The lowest BCUT2D eigenvalue weighted by atomic mass is 10.2. The van der Waals surface area contributed by atoms with Crippen molar-refractivity contribution in [3.8, 4) is 0 Å². The van der Waals surface area contributed by atoms with Crippen LogP contribution in [0.25, 0.3) is 0 Å². The van der Waals surface area contributed by atoms with Crippen LogP contribution < -0.4 is 5.73 Å². The minimum atomic E-state index is -2.51. The molecular formula is C11H20F2N4O3. The van der Waals surface area contributed by atoms with Crippen molar-refractivity contribution in [3.63, 3.8) is 0 Å². The molecule has 1 aliphatic rings. The standard InChI is InChI=1S/C11H20F2N4O3/c12-9(13)8-20-6-1-11(18)17-4-2-16(3-5-17)7-10(14)15-19/h9,19H,1-8H2,(H2,14,15). The minimum Gasteiger partial charge on any atom is -0.409 e. The molecule has 3 N–H and O–H groups in total. The predicted octanol–water partition coefficient (Wildman–Crippen LogP) is -0.451. The number of amidine groups is 1. The first kappa shape index (κ1) is 16.6. The lowest BCUT2D eigenvalue weighted by Gasteiger charge is -2.34. The van der Waals surface area contributed by atoms with Crippen LogP contribution in [0.15, 0.2) is 5.16 Å². The molecule has 1 heterocycles. The maximum absolute atomic E-state index is 11.8. The van der Waals surface area contributed by atoms with Gasteiger partial charge in [0.2, 0.25) is 5.91 Å². The summed E-state index contributed by atoms with van der Waals surface area (Å²) in [5.74, 6) is 0.0212. The van der Waals surface area contributed by atoms with E-state index in [-0.39, 0.29) is 24.8 Å². The fraction of sp³-hybridized carbons (Fsp3) is 0.818. The Morgan fingerprint density at radius 1 is 1.35 bits per heavy atom. The van der Waals surface area contributed by atoms with Gasteiger partial charge in [-0.15, -0.1) is 0 Å². The van der Waals surface area contributed by atoms with E-state index in [0.29, 0.717) is 32.7 Å². The molecule has 20 heavy (non-hydrogen) atoms. The highest BCUT2D eigenvalue weighted by Gasteiger charge is 2.21. The molecule has 0 aromatic heterocycles. The fourth-order valence-corrected chi connectivity index (χ4v) is 1.91. The third-order valence-electron chi connectivity index (χ3n) is 2.94. The molecule has 1 rings (SSSR count). The number of piperazine rings is 1. The molecule has 0 aromatic rings. The van der Waals surface area contributed by atoms with E-state index in [4.69, 9.17) is 10.9 Å². The molecule has 0 bridgehead atoms. The van der Waals surface area contributed by atoms with Gasteiger partial charge in [-0.3, -0.25) is 9.69 Å². The fourth-order valence-electron chi connectivity index (χ4n) is 1.91. The molecule has 0 saturated carbocycles. The number of rotatable bonds is 7. The van der Waals surface area contributed by atoms with Crippen LogP contribution in [0.3, 0.4) is 0 Å². The number of halogens is 2. The number of ether oxygens (including phenoxy) is 1. The Balaban J connectivity index is 2.18. The minimum absolute atomic E-state index is 0.00745. The van der Waals surface area contributed by atoms with Gasteiger partial charge in [-0.2, -0.15) is 0 Å². The molecule has 0 aromatic carbocycles. The third-order valence-corrected chi connectivity index (χ3v) is 2.94. The second-order valence-electron chi connectivity index (χ2n) is 4.46. The summed E-state index contributed by atoms with van der Waals surface area (Å²) in [6, 6.07) is 0. The van der Waals surface area contributed by atoms with Gasteiger partial charge in [0.05, 0.1) is 19.6 Å². The smallest absolute Gasteiger partial charge is 0.261 e. The van der Waals surface area contributed by atoms with Crippen LogP contribution in [-0.4, -0.2) is 79.1 Å². The number of hydrogen-bond donors (Lipinski definition) is 2. The summed E-state index contributed by atoms with van der Waals surface area (Å²) in [7, 11) is 0. The Kier molecular flexibility index (Phi) is 7.16. The van der Waals surface area contributed by atoms with Gasteiger partial charge in [0.25, 0.3) is 6.43 Å². The topological polar surface area (TPSA) is 91.4 Å². The Labute approximate surface area is 115 Å². The Morgan fingerprint density at radius 2 is 2.00 bits per heavy atom. The molecular weight excluding hydrogens is 274 g/mol. The number of alkyl halides is 2. The van der Waals surface area contributed by atoms with Crippen molar-refractivity contribution in [2.75, 3.05) is 45.9 Å². The third kappa shape index (κ3) is 6.11. The van der Waals surface area contributed by atoms with Crippen molar-refractivity contribution < 1.29 is 23.5 Å². The normalized spacial score (nSPS) is 17.8. The number of hydrogen-bond acceptors (Lipinski definition) is 5. The van der Waals surface area contributed by atoms with Crippen molar-refractivity contribution in [1.82, 2.24) is 9.80 Å². The lowest BCUT2D eigenvalue weighted by molar-refractivity contribution is -0.134. The molecule has 116 valence electrons. The molecule has 0 unspecified atom stereocenters. The average Bonchev–Trinajstić information content (AvgIpc) is 2.43. The van der Waals surface area contributed by atoms with Crippen molar-refractivity contribution in [1.29, 1.82) is 0 Å². The highest BCUT2D eigenvalue weighted by molar-refractivity contribution is 5.81. The van der Waals surface area contributed by atoms with Crippen LogP contribution in [-0.2, 0) is 9.53 Å². The van der Waals surface area contributed by atoms with Gasteiger partial charge in [-0.1, -0.05) is 5.16 Å². The number of amides is 1. The molecule has 0 spiro atoms. The van der Waals surface area contributed by atoms with E-state index in [2.05, 4.69) is 9.89 Å². The van der Waals surface area contributed by atoms with Crippen LogP contribution in [0.2, 0.25) is 0 Å². The number of nitrogens with zero attached hydrogens (tertiary/aromatic N) is 3. The van der Waals surface area contributed by atoms with E-state index in [0.717, 1.165) is 0 Å². The summed E-state index contributed by atoms with van der Waals surface area (Å²) >= 11 is 0. The molecule has 1 amide bonds. The second-order valence-corrected chi connectivity index (χ2v) is 4.46. The Bertz CT molecular complexity index is 334. The van der Waals surface area contributed by atoms with Crippen molar-refractivity contribution in [2.24, 2.45) is 10.9 Å². The molecule has 0 aliphatic carbocycles. The van der Waals surface area contributed by atoms with Crippen LogP contribution >= 0.6 is 0 Å². The molecule has 9 heteroatoms. The van der Waals surface area contributed by atoms with Gasteiger partial charge in [-0.05, 0) is 0 Å². The van der Waals surface area contributed by atoms with E-state index in [1.807, 2.05) is 4.90 Å². The molecule has 1 fully saturated rings. The molecule has 1 saturated heterocycles. The zero-order chi connectivity index (χ0) is 15.0. The van der Waals surface area contributed by atoms with Gasteiger partial charge >= 0.3 is 0 Å². The summed E-state index contributed by atoms with van der Waals surface area (Å²) in [4.78, 5) is 15.4. The Hall–Kier alpha value is -1.48. The zero-order valence-electron chi connectivity index (χ0n) is 11.2. The summed E-state index contributed by atoms with van der Waals surface area (Å²) in [5.41, 5.74) is 5.40. The van der Waals surface area contributed by atoms with Gasteiger partial charge in [0.1, 0.15) is 6.61 Å².